The summed E-state index contributed by atoms with van der Waals surface area (Å²) in [6.07, 6.45) is -0.279. The largest absolute Gasteiger partial charge is 1.00 e. The fourth-order valence-corrected chi connectivity index (χ4v) is 2.81. The number of rotatable bonds is 9. The lowest BCUT2D eigenvalue weighted by Gasteiger charge is -2.23. The molecule has 142 valence electrons. The SMILES string of the molecule is CCOc1ccccc1C(=O)OC(C[NH+](CC)CC)c1ccccc1.[Cl-]. The van der Waals surface area contributed by atoms with Crippen molar-refractivity contribution in [3.05, 3.63) is 65.7 Å². The van der Waals surface area contributed by atoms with Crippen molar-refractivity contribution >= 4 is 5.97 Å². The van der Waals surface area contributed by atoms with Crippen LogP contribution in [0.5, 0.6) is 5.75 Å². The van der Waals surface area contributed by atoms with E-state index in [1.165, 1.54) is 4.90 Å². The van der Waals surface area contributed by atoms with Gasteiger partial charge in [0.05, 0.1) is 19.7 Å². The number of hydrogen-bond acceptors (Lipinski definition) is 3. The zero-order valence-corrected chi connectivity index (χ0v) is 16.5. The molecule has 0 radical (unpaired) electrons. The fourth-order valence-electron chi connectivity index (χ4n) is 2.81. The van der Waals surface area contributed by atoms with Gasteiger partial charge in [-0.15, -0.1) is 0 Å². The lowest BCUT2D eigenvalue weighted by atomic mass is 10.1. The van der Waals surface area contributed by atoms with E-state index < -0.39 is 0 Å². The zero-order chi connectivity index (χ0) is 18.1. The first kappa shape index (κ1) is 22.0. The molecule has 0 amide bonds. The topological polar surface area (TPSA) is 40.0 Å². The molecule has 26 heavy (non-hydrogen) atoms. The minimum atomic E-state index is -0.343. The molecule has 4 nitrogen and oxygen atoms in total. The van der Waals surface area contributed by atoms with Gasteiger partial charge in [-0.1, -0.05) is 42.5 Å². The summed E-state index contributed by atoms with van der Waals surface area (Å²) < 4.78 is 11.5. The van der Waals surface area contributed by atoms with Crippen molar-refractivity contribution in [1.29, 1.82) is 0 Å². The first-order valence-corrected chi connectivity index (χ1v) is 9.00. The monoisotopic (exact) mass is 377 g/mol. The highest BCUT2D eigenvalue weighted by Crippen LogP contribution is 2.23. The Morgan fingerprint density at radius 3 is 2.19 bits per heavy atom. The number of ether oxygens (including phenoxy) is 2. The van der Waals surface area contributed by atoms with Crippen LogP contribution in [0.3, 0.4) is 0 Å². The van der Waals surface area contributed by atoms with E-state index in [9.17, 15) is 4.79 Å². The van der Waals surface area contributed by atoms with Crippen molar-refractivity contribution in [2.75, 3.05) is 26.2 Å². The van der Waals surface area contributed by atoms with Gasteiger partial charge in [-0.05, 0) is 38.5 Å². The Labute approximate surface area is 162 Å². The van der Waals surface area contributed by atoms with Gasteiger partial charge in [0, 0.05) is 0 Å². The molecule has 0 aliphatic heterocycles. The molecule has 2 rings (SSSR count). The molecular weight excluding hydrogens is 350 g/mol. The number of halogens is 1. The number of nitrogens with one attached hydrogen (secondary N) is 1. The summed E-state index contributed by atoms with van der Waals surface area (Å²) in [4.78, 5) is 14.2. The number of quaternary nitrogens is 1. The normalized spacial score (nSPS) is 11.5. The van der Waals surface area contributed by atoms with E-state index in [1.807, 2.05) is 49.4 Å². The molecule has 0 saturated carbocycles. The number of likely N-dealkylation sites (N-methyl/N-ethyl adjacent to an activating group) is 1. The fraction of sp³-hybridized carbons (Fsp3) is 0.381. The van der Waals surface area contributed by atoms with Crippen LogP contribution >= 0.6 is 0 Å². The van der Waals surface area contributed by atoms with Gasteiger partial charge in [0.1, 0.15) is 17.9 Å². The minimum Gasteiger partial charge on any atom is -1.00 e. The summed E-state index contributed by atoms with van der Waals surface area (Å²) in [7, 11) is 0. The molecule has 0 aliphatic rings. The first-order chi connectivity index (χ1) is 12.2. The Morgan fingerprint density at radius 2 is 1.58 bits per heavy atom. The number of para-hydroxylation sites is 1. The van der Waals surface area contributed by atoms with Gasteiger partial charge in [-0.25, -0.2) is 4.79 Å². The van der Waals surface area contributed by atoms with E-state index in [0.29, 0.717) is 17.9 Å². The molecule has 0 heterocycles. The first-order valence-electron chi connectivity index (χ1n) is 9.00. The van der Waals surface area contributed by atoms with Crippen molar-refractivity contribution in [3.63, 3.8) is 0 Å². The lowest BCUT2D eigenvalue weighted by Crippen LogP contribution is -3.11. The van der Waals surface area contributed by atoms with Crippen molar-refractivity contribution in [2.45, 2.75) is 26.9 Å². The second-order valence-electron chi connectivity index (χ2n) is 5.90. The van der Waals surface area contributed by atoms with E-state index in [-0.39, 0.29) is 24.5 Å². The van der Waals surface area contributed by atoms with Crippen molar-refractivity contribution in [1.82, 2.24) is 0 Å². The maximum atomic E-state index is 12.8. The van der Waals surface area contributed by atoms with Crippen LogP contribution in [-0.2, 0) is 4.74 Å². The molecule has 0 bridgehead atoms. The summed E-state index contributed by atoms with van der Waals surface area (Å²) in [5.41, 5.74) is 1.49. The number of esters is 1. The third-order valence-corrected chi connectivity index (χ3v) is 4.30. The molecule has 0 aliphatic carbocycles. The highest BCUT2D eigenvalue weighted by atomic mass is 35.5. The van der Waals surface area contributed by atoms with Gasteiger partial charge in [0.25, 0.3) is 0 Å². The Kier molecular flexibility index (Phi) is 9.78. The quantitative estimate of drug-likeness (QED) is 0.621. The van der Waals surface area contributed by atoms with Crippen LogP contribution in [0.15, 0.2) is 54.6 Å². The summed E-state index contributed by atoms with van der Waals surface area (Å²) in [5.74, 6) is 0.224. The highest BCUT2D eigenvalue weighted by molar-refractivity contribution is 5.92. The van der Waals surface area contributed by atoms with Crippen LogP contribution in [0.25, 0.3) is 0 Å². The molecule has 0 fully saturated rings. The third kappa shape index (κ3) is 6.04. The Morgan fingerprint density at radius 1 is 0.962 bits per heavy atom. The van der Waals surface area contributed by atoms with Gasteiger partial charge in [0.2, 0.25) is 0 Å². The number of carbonyl (C=O) groups is 1. The van der Waals surface area contributed by atoms with Crippen molar-refractivity contribution in [2.24, 2.45) is 0 Å². The molecule has 1 unspecified atom stereocenters. The minimum absolute atomic E-state index is 0. The van der Waals surface area contributed by atoms with E-state index in [4.69, 9.17) is 9.47 Å². The standard InChI is InChI=1S/C21H27NO3.ClH/c1-4-22(5-2)16-20(17-12-8-7-9-13-17)25-21(23)18-14-10-11-15-19(18)24-6-3;/h7-15,20H,4-6,16H2,1-3H3;1H. The summed E-state index contributed by atoms with van der Waals surface area (Å²) >= 11 is 0. The molecule has 2 aromatic rings. The predicted octanol–water partition coefficient (Wildman–Crippen LogP) is -0.0879. The maximum absolute atomic E-state index is 12.8. The van der Waals surface area contributed by atoms with Gasteiger partial charge < -0.3 is 26.8 Å². The van der Waals surface area contributed by atoms with Gasteiger partial charge in [0.15, 0.2) is 6.10 Å². The molecule has 0 spiro atoms. The second kappa shape index (κ2) is 11.6. The van der Waals surface area contributed by atoms with Gasteiger partial charge in [-0.2, -0.15) is 0 Å². The molecular formula is C21H28ClNO3. The molecule has 0 saturated heterocycles. The highest BCUT2D eigenvalue weighted by Gasteiger charge is 2.24. The van der Waals surface area contributed by atoms with Crippen LogP contribution in [0, 0.1) is 0 Å². The smallest absolute Gasteiger partial charge is 0.342 e. The summed E-state index contributed by atoms with van der Waals surface area (Å²) in [6, 6.07) is 17.2. The Bertz CT molecular complexity index is 659. The number of hydrogen-bond donors (Lipinski definition) is 1. The summed E-state index contributed by atoms with van der Waals surface area (Å²) in [5, 5.41) is 0. The van der Waals surface area contributed by atoms with E-state index in [0.717, 1.165) is 25.2 Å². The summed E-state index contributed by atoms with van der Waals surface area (Å²) in [6.45, 7) is 9.44. The number of benzene rings is 2. The van der Waals surface area contributed by atoms with Gasteiger partial charge >= 0.3 is 5.97 Å². The molecule has 1 N–H and O–H groups in total. The number of carbonyl (C=O) groups excluding carboxylic acids is 1. The molecule has 2 aromatic carbocycles. The Balaban J connectivity index is 0.00000338. The molecule has 5 heteroatoms. The van der Waals surface area contributed by atoms with E-state index >= 15 is 0 Å². The van der Waals surface area contributed by atoms with Crippen molar-refractivity contribution < 1.29 is 31.6 Å². The molecule has 0 aromatic heterocycles. The van der Waals surface area contributed by atoms with Gasteiger partial charge in [-0.3, -0.25) is 0 Å². The van der Waals surface area contributed by atoms with Crippen LogP contribution in [0.2, 0.25) is 0 Å². The predicted molar refractivity (Wildman–Crippen MR) is 99.1 cm³/mol. The van der Waals surface area contributed by atoms with E-state index in [1.54, 1.807) is 12.1 Å². The third-order valence-electron chi connectivity index (χ3n) is 4.30. The molecule has 1 atom stereocenters. The van der Waals surface area contributed by atoms with Crippen molar-refractivity contribution in [3.8, 4) is 5.75 Å². The average Bonchev–Trinajstić information content (AvgIpc) is 2.66. The second-order valence-corrected chi connectivity index (χ2v) is 5.90. The van der Waals surface area contributed by atoms with Crippen LogP contribution in [0.4, 0.5) is 0 Å². The van der Waals surface area contributed by atoms with Crippen LogP contribution < -0.4 is 22.0 Å². The average molecular weight is 378 g/mol. The zero-order valence-electron chi connectivity index (χ0n) is 15.7. The van der Waals surface area contributed by atoms with E-state index in [2.05, 4.69) is 13.8 Å². The lowest BCUT2D eigenvalue weighted by molar-refractivity contribution is -0.900. The Hall–Kier alpha value is -2.04. The van der Waals surface area contributed by atoms with Crippen LogP contribution in [-0.4, -0.2) is 32.2 Å². The van der Waals surface area contributed by atoms with Crippen LogP contribution in [0.1, 0.15) is 42.8 Å². The maximum Gasteiger partial charge on any atom is 0.342 e.